The number of amides is 2. The monoisotopic (exact) mass is 286 g/mol. The second kappa shape index (κ2) is 6.69. The summed E-state index contributed by atoms with van der Waals surface area (Å²) < 4.78 is 1.75. The molecular weight excluding hydrogens is 268 g/mol. The van der Waals surface area contributed by atoms with Crippen LogP contribution in [0.4, 0.5) is 0 Å². The van der Waals surface area contributed by atoms with E-state index in [0.29, 0.717) is 0 Å². The molecular formula is C15H18N4O2. The molecule has 2 amide bonds. The predicted octanol–water partition coefficient (Wildman–Crippen LogP) is 0.619. The lowest BCUT2D eigenvalue weighted by Gasteiger charge is -2.16. The molecule has 0 fully saturated rings. The summed E-state index contributed by atoms with van der Waals surface area (Å²) in [6.07, 6.45) is 3.84. The Morgan fingerprint density at radius 1 is 1.29 bits per heavy atom. The first kappa shape index (κ1) is 14.8. The van der Waals surface area contributed by atoms with Crippen molar-refractivity contribution in [3.8, 4) is 5.69 Å². The van der Waals surface area contributed by atoms with Crippen LogP contribution in [0.3, 0.4) is 0 Å². The minimum absolute atomic E-state index is 0.0701. The Hall–Kier alpha value is -2.63. The van der Waals surface area contributed by atoms with Crippen LogP contribution >= 0.6 is 0 Å². The molecule has 6 heteroatoms. The van der Waals surface area contributed by atoms with Crippen LogP contribution in [0.5, 0.6) is 0 Å². The van der Waals surface area contributed by atoms with Crippen molar-refractivity contribution in [3.63, 3.8) is 0 Å². The van der Waals surface area contributed by atoms with E-state index in [-0.39, 0.29) is 24.8 Å². The van der Waals surface area contributed by atoms with Crippen molar-refractivity contribution in [3.05, 3.63) is 48.3 Å². The van der Waals surface area contributed by atoms with Gasteiger partial charge in [0, 0.05) is 26.5 Å². The maximum absolute atomic E-state index is 12.0. The van der Waals surface area contributed by atoms with Gasteiger partial charge in [-0.15, -0.1) is 0 Å². The predicted molar refractivity (Wildman–Crippen MR) is 79.0 cm³/mol. The van der Waals surface area contributed by atoms with Crippen molar-refractivity contribution in [2.24, 2.45) is 0 Å². The molecule has 0 saturated heterocycles. The standard InChI is InChI=1S/C15H18N4O2/c1-16-14(20)11-18(2)15(21)10-12-4-6-13(7-5-12)19-9-3-8-17-19/h3-9H,10-11H2,1-2H3,(H,16,20). The van der Waals surface area contributed by atoms with Gasteiger partial charge in [-0.1, -0.05) is 12.1 Å². The summed E-state index contributed by atoms with van der Waals surface area (Å²) in [4.78, 5) is 24.7. The molecule has 1 heterocycles. The Bertz CT molecular complexity index is 605. The molecule has 1 N–H and O–H groups in total. The number of hydrogen-bond acceptors (Lipinski definition) is 3. The van der Waals surface area contributed by atoms with Gasteiger partial charge in [0.1, 0.15) is 0 Å². The molecule has 1 aromatic heterocycles. The topological polar surface area (TPSA) is 67.2 Å². The molecule has 0 bridgehead atoms. The highest BCUT2D eigenvalue weighted by Gasteiger charge is 2.12. The molecule has 0 spiro atoms. The lowest BCUT2D eigenvalue weighted by molar-refractivity contribution is -0.134. The summed E-state index contributed by atoms with van der Waals surface area (Å²) in [5.74, 6) is -0.273. The number of benzene rings is 1. The average Bonchev–Trinajstić information content (AvgIpc) is 3.02. The summed E-state index contributed by atoms with van der Waals surface area (Å²) in [5.41, 5.74) is 1.84. The van der Waals surface area contributed by atoms with E-state index in [9.17, 15) is 9.59 Å². The highest BCUT2D eigenvalue weighted by Crippen LogP contribution is 2.09. The molecule has 21 heavy (non-hydrogen) atoms. The first-order valence-corrected chi connectivity index (χ1v) is 6.63. The van der Waals surface area contributed by atoms with E-state index >= 15 is 0 Å². The fourth-order valence-corrected chi connectivity index (χ4v) is 1.88. The highest BCUT2D eigenvalue weighted by molar-refractivity contribution is 5.85. The van der Waals surface area contributed by atoms with Crippen molar-refractivity contribution in [1.29, 1.82) is 0 Å². The van der Waals surface area contributed by atoms with Gasteiger partial charge in [-0.2, -0.15) is 5.10 Å². The number of rotatable bonds is 5. The van der Waals surface area contributed by atoms with Crippen LogP contribution in [0.1, 0.15) is 5.56 Å². The van der Waals surface area contributed by atoms with Crippen LogP contribution in [0.2, 0.25) is 0 Å². The minimum atomic E-state index is -0.181. The maximum atomic E-state index is 12.0. The molecule has 0 saturated carbocycles. The number of likely N-dealkylation sites (N-methyl/N-ethyl adjacent to an activating group) is 2. The van der Waals surface area contributed by atoms with E-state index in [1.165, 1.54) is 4.90 Å². The van der Waals surface area contributed by atoms with Gasteiger partial charge < -0.3 is 10.2 Å². The Kier molecular flexibility index (Phi) is 4.71. The Morgan fingerprint density at radius 3 is 2.57 bits per heavy atom. The fraction of sp³-hybridized carbons (Fsp3) is 0.267. The van der Waals surface area contributed by atoms with Gasteiger partial charge in [-0.3, -0.25) is 9.59 Å². The van der Waals surface area contributed by atoms with Crippen LogP contribution in [-0.4, -0.2) is 47.1 Å². The molecule has 0 radical (unpaired) electrons. The van der Waals surface area contributed by atoms with E-state index in [4.69, 9.17) is 0 Å². The third-order valence-electron chi connectivity index (χ3n) is 3.15. The molecule has 0 unspecified atom stereocenters. The molecule has 6 nitrogen and oxygen atoms in total. The Labute approximate surface area is 123 Å². The Morgan fingerprint density at radius 2 is 2.00 bits per heavy atom. The third kappa shape index (κ3) is 3.92. The summed E-state index contributed by atoms with van der Waals surface area (Å²) in [7, 11) is 3.17. The zero-order valence-electron chi connectivity index (χ0n) is 12.1. The van der Waals surface area contributed by atoms with Crippen LogP contribution < -0.4 is 5.32 Å². The molecule has 0 atom stereocenters. The van der Waals surface area contributed by atoms with Gasteiger partial charge in [0.15, 0.2) is 0 Å². The molecule has 2 rings (SSSR count). The summed E-state index contributed by atoms with van der Waals surface area (Å²) in [5, 5.41) is 6.64. The minimum Gasteiger partial charge on any atom is -0.358 e. The van der Waals surface area contributed by atoms with E-state index in [0.717, 1.165) is 11.3 Å². The number of nitrogens with zero attached hydrogens (tertiary/aromatic N) is 3. The smallest absolute Gasteiger partial charge is 0.239 e. The fourth-order valence-electron chi connectivity index (χ4n) is 1.88. The molecule has 0 aliphatic rings. The number of aromatic nitrogens is 2. The maximum Gasteiger partial charge on any atom is 0.239 e. The van der Waals surface area contributed by atoms with E-state index in [1.807, 2.05) is 36.5 Å². The zero-order valence-corrected chi connectivity index (χ0v) is 12.1. The van der Waals surface area contributed by atoms with Crippen LogP contribution in [0.15, 0.2) is 42.7 Å². The highest BCUT2D eigenvalue weighted by atomic mass is 16.2. The number of carbonyl (C=O) groups excluding carboxylic acids is 2. The lowest BCUT2D eigenvalue weighted by Crippen LogP contribution is -2.37. The number of carbonyl (C=O) groups is 2. The van der Waals surface area contributed by atoms with Crippen LogP contribution in [0.25, 0.3) is 5.69 Å². The zero-order chi connectivity index (χ0) is 15.2. The second-order valence-electron chi connectivity index (χ2n) is 4.72. The second-order valence-corrected chi connectivity index (χ2v) is 4.72. The van der Waals surface area contributed by atoms with Crippen LogP contribution in [0, 0.1) is 0 Å². The van der Waals surface area contributed by atoms with E-state index in [2.05, 4.69) is 10.4 Å². The van der Waals surface area contributed by atoms with Crippen molar-refractivity contribution in [2.45, 2.75) is 6.42 Å². The summed E-state index contributed by atoms with van der Waals surface area (Å²) >= 11 is 0. The van der Waals surface area contributed by atoms with Gasteiger partial charge in [-0.05, 0) is 23.8 Å². The van der Waals surface area contributed by atoms with E-state index < -0.39 is 0 Å². The quantitative estimate of drug-likeness (QED) is 0.876. The molecule has 1 aromatic carbocycles. The van der Waals surface area contributed by atoms with Crippen molar-refractivity contribution < 1.29 is 9.59 Å². The van der Waals surface area contributed by atoms with Gasteiger partial charge >= 0.3 is 0 Å². The summed E-state index contributed by atoms with van der Waals surface area (Å²) in [6.45, 7) is 0.0701. The van der Waals surface area contributed by atoms with Gasteiger partial charge in [0.2, 0.25) is 11.8 Å². The molecule has 0 aliphatic heterocycles. The SMILES string of the molecule is CNC(=O)CN(C)C(=O)Cc1ccc(-n2cccn2)cc1. The lowest BCUT2D eigenvalue weighted by atomic mass is 10.1. The molecule has 0 aliphatic carbocycles. The van der Waals surface area contributed by atoms with Crippen LogP contribution in [-0.2, 0) is 16.0 Å². The number of nitrogens with one attached hydrogen (secondary N) is 1. The largest absolute Gasteiger partial charge is 0.358 e. The molecule has 2 aromatic rings. The van der Waals surface area contributed by atoms with Crippen molar-refractivity contribution >= 4 is 11.8 Å². The normalized spacial score (nSPS) is 10.2. The first-order chi connectivity index (χ1) is 10.1. The average molecular weight is 286 g/mol. The number of hydrogen-bond donors (Lipinski definition) is 1. The van der Waals surface area contributed by atoms with Crippen molar-refractivity contribution in [1.82, 2.24) is 20.0 Å². The Balaban J connectivity index is 1.97. The first-order valence-electron chi connectivity index (χ1n) is 6.63. The van der Waals surface area contributed by atoms with Gasteiger partial charge in [0.05, 0.1) is 18.7 Å². The van der Waals surface area contributed by atoms with Crippen molar-refractivity contribution in [2.75, 3.05) is 20.6 Å². The van der Waals surface area contributed by atoms with Gasteiger partial charge in [-0.25, -0.2) is 4.68 Å². The van der Waals surface area contributed by atoms with E-state index in [1.54, 1.807) is 25.0 Å². The third-order valence-corrected chi connectivity index (χ3v) is 3.15. The van der Waals surface area contributed by atoms with Gasteiger partial charge in [0.25, 0.3) is 0 Å². The molecule has 110 valence electrons. The summed E-state index contributed by atoms with van der Waals surface area (Å²) in [6, 6.07) is 9.46.